The van der Waals surface area contributed by atoms with E-state index in [1.165, 1.54) is 0 Å². The van der Waals surface area contributed by atoms with E-state index >= 15 is 0 Å². The van der Waals surface area contributed by atoms with Gasteiger partial charge in [0.25, 0.3) is 0 Å². The minimum atomic E-state index is -0.404. The second-order valence-corrected chi connectivity index (χ2v) is 6.85. The molecular formula is C19H16Cl3NO3. The summed E-state index contributed by atoms with van der Waals surface area (Å²) < 4.78 is 12.3. The minimum Gasteiger partial charge on any atom is -0.495 e. The van der Waals surface area contributed by atoms with Crippen LogP contribution in [0.15, 0.2) is 36.4 Å². The molecular weight excluding hydrogens is 397 g/mol. The van der Waals surface area contributed by atoms with Gasteiger partial charge in [0, 0.05) is 11.9 Å². The maximum Gasteiger partial charge on any atom is 0.354 e. The van der Waals surface area contributed by atoms with Crippen molar-refractivity contribution in [2.75, 3.05) is 13.7 Å². The van der Waals surface area contributed by atoms with Gasteiger partial charge in [-0.15, -0.1) is 0 Å². The van der Waals surface area contributed by atoms with Gasteiger partial charge in [0.1, 0.15) is 11.4 Å². The van der Waals surface area contributed by atoms with E-state index in [0.29, 0.717) is 33.1 Å². The predicted molar refractivity (Wildman–Crippen MR) is 105 cm³/mol. The molecule has 0 bridgehead atoms. The van der Waals surface area contributed by atoms with E-state index in [4.69, 9.17) is 44.3 Å². The molecule has 0 N–H and O–H groups in total. The standard InChI is InChI=1S/C19H16Cl3NO3/c1-3-26-19(24)17-7-12-8-18(25-2)15(22)9-16(12)23(17)10-11-4-5-13(20)14(21)6-11/h4-9H,3,10H2,1-2H3. The normalized spacial score (nSPS) is 11.0. The van der Waals surface area contributed by atoms with E-state index in [-0.39, 0.29) is 6.61 Å². The van der Waals surface area contributed by atoms with Crippen molar-refractivity contribution in [2.24, 2.45) is 0 Å². The lowest BCUT2D eigenvalue weighted by atomic mass is 10.2. The molecule has 3 aromatic rings. The molecule has 0 radical (unpaired) electrons. The van der Waals surface area contributed by atoms with Crippen molar-refractivity contribution in [2.45, 2.75) is 13.5 Å². The van der Waals surface area contributed by atoms with Crippen LogP contribution in [0.25, 0.3) is 10.9 Å². The van der Waals surface area contributed by atoms with Crippen molar-refractivity contribution in [1.82, 2.24) is 4.57 Å². The number of benzene rings is 2. The van der Waals surface area contributed by atoms with Crippen molar-refractivity contribution in [3.8, 4) is 5.75 Å². The molecule has 136 valence electrons. The molecule has 0 aliphatic rings. The number of aromatic nitrogens is 1. The molecule has 0 aliphatic carbocycles. The molecule has 4 nitrogen and oxygen atoms in total. The number of hydrogen-bond acceptors (Lipinski definition) is 3. The van der Waals surface area contributed by atoms with Crippen molar-refractivity contribution in [3.63, 3.8) is 0 Å². The number of hydrogen-bond donors (Lipinski definition) is 0. The Bertz CT molecular complexity index is 982. The molecule has 0 aliphatic heterocycles. The number of carbonyl (C=O) groups is 1. The Hall–Kier alpha value is -1.88. The van der Waals surface area contributed by atoms with E-state index in [0.717, 1.165) is 16.5 Å². The first-order valence-corrected chi connectivity index (χ1v) is 9.05. The molecule has 7 heteroatoms. The highest BCUT2D eigenvalue weighted by Crippen LogP contribution is 2.33. The number of esters is 1. The summed E-state index contributed by atoms with van der Waals surface area (Å²) >= 11 is 18.4. The van der Waals surface area contributed by atoms with Crippen LogP contribution in [0.5, 0.6) is 5.75 Å². The molecule has 0 unspecified atom stereocenters. The average molecular weight is 413 g/mol. The van der Waals surface area contributed by atoms with Crippen LogP contribution in [0.3, 0.4) is 0 Å². The van der Waals surface area contributed by atoms with Crippen LogP contribution in [0, 0.1) is 0 Å². The first-order valence-electron chi connectivity index (χ1n) is 7.92. The zero-order valence-corrected chi connectivity index (χ0v) is 16.5. The third-order valence-corrected chi connectivity index (χ3v) is 5.02. The SMILES string of the molecule is CCOC(=O)c1cc2cc(OC)c(Cl)cc2n1Cc1ccc(Cl)c(Cl)c1. The van der Waals surface area contributed by atoms with Gasteiger partial charge in [0.15, 0.2) is 0 Å². The molecule has 0 spiro atoms. The largest absolute Gasteiger partial charge is 0.495 e. The van der Waals surface area contributed by atoms with Crippen LogP contribution in [-0.2, 0) is 11.3 Å². The summed E-state index contributed by atoms with van der Waals surface area (Å²) in [6.07, 6.45) is 0. The molecule has 1 aromatic heterocycles. The number of methoxy groups -OCH3 is 1. The van der Waals surface area contributed by atoms with Gasteiger partial charge in [-0.3, -0.25) is 0 Å². The van der Waals surface area contributed by atoms with Crippen molar-refractivity contribution in [1.29, 1.82) is 0 Å². The van der Waals surface area contributed by atoms with Crippen molar-refractivity contribution < 1.29 is 14.3 Å². The zero-order chi connectivity index (χ0) is 18.8. The lowest BCUT2D eigenvalue weighted by molar-refractivity contribution is 0.0515. The first kappa shape index (κ1) is 18.9. The summed E-state index contributed by atoms with van der Waals surface area (Å²) in [5, 5.41) is 2.22. The van der Waals surface area contributed by atoms with Crippen molar-refractivity contribution >= 4 is 51.7 Å². The highest BCUT2D eigenvalue weighted by molar-refractivity contribution is 6.42. The lowest BCUT2D eigenvalue weighted by Crippen LogP contribution is -2.13. The number of fused-ring (bicyclic) bond motifs is 1. The molecule has 1 heterocycles. The fourth-order valence-corrected chi connectivity index (χ4v) is 3.34. The highest BCUT2D eigenvalue weighted by Gasteiger charge is 2.19. The van der Waals surface area contributed by atoms with E-state index in [1.807, 2.05) is 10.6 Å². The van der Waals surface area contributed by atoms with Crippen LogP contribution in [0.4, 0.5) is 0 Å². The van der Waals surface area contributed by atoms with E-state index < -0.39 is 5.97 Å². The molecule has 3 rings (SSSR count). The number of nitrogens with zero attached hydrogens (tertiary/aromatic N) is 1. The summed E-state index contributed by atoms with van der Waals surface area (Å²) in [5.74, 6) is 0.139. The van der Waals surface area contributed by atoms with Gasteiger partial charge < -0.3 is 14.0 Å². The van der Waals surface area contributed by atoms with Gasteiger partial charge in [-0.1, -0.05) is 40.9 Å². The second-order valence-electron chi connectivity index (χ2n) is 5.63. The molecule has 0 saturated heterocycles. The van der Waals surface area contributed by atoms with Crippen molar-refractivity contribution in [3.05, 3.63) is 62.7 Å². The van der Waals surface area contributed by atoms with E-state index in [1.54, 1.807) is 44.4 Å². The molecule has 0 fully saturated rings. The maximum absolute atomic E-state index is 12.4. The monoisotopic (exact) mass is 411 g/mol. The van der Waals surface area contributed by atoms with Gasteiger partial charge in [-0.2, -0.15) is 0 Å². The van der Waals surface area contributed by atoms with Gasteiger partial charge >= 0.3 is 5.97 Å². The molecule has 2 aromatic carbocycles. The second kappa shape index (κ2) is 7.78. The van der Waals surface area contributed by atoms with Crippen LogP contribution >= 0.6 is 34.8 Å². The molecule has 0 saturated carbocycles. The smallest absolute Gasteiger partial charge is 0.354 e. The Balaban J connectivity index is 2.15. The Morgan fingerprint density at radius 2 is 1.81 bits per heavy atom. The van der Waals surface area contributed by atoms with Gasteiger partial charge in [-0.05, 0) is 42.8 Å². The maximum atomic E-state index is 12.4. The summed E-state index contributed by atoms with van der Waals surface area (Å²) in [5.41, 5.74) is 2.12. The first-order chi connectivity index (χ1) is 12.4. The topological polar surface area (TPSA) is 40.5 Å². The average Bonchev–Trinajstić information content (AvgIpc) is 2.95. The Morgan fingerprint density at radius 3 is 2.46 bits per heavy atom. The Morgan fingerprint density at radius 1 is 1.04 bits per heavy atom. The quantitative estimate of drug-likeness (QED) is 0.495. The zero-order valence-electron chi connectivity index (χ0n) is 14.2. The summed E-state index contributed by atoms with van der Waals surface area (Å²) in [6, 6.07) is 10.7. The van der Waals surface area contributed by atoms with E-state index in [9.17, 15) is 4.79 Å². The number of rotatable bonds is 5. The van der Waals surface area contributed by atoms with Crippen LogP contribution in [0.1, 0.15) is 23.0 Å². The Kier molecular flexibility index (Phi) is 5.66. The van der Waals surface area contributed by atoms with Crippen LogP contribution < -0.4 is 4.74 Å². The van der Waals surface area contributed by atoms with E-state index in [2.05, 4.69) is 0 Å². The third kappa shape index (κ3) is 3.63. The molecule has 26 heavy (non-hydrogen) atoms. The summed E-state index contributed by atoms with van der Waals surface area (Å²) in [6.45, 7) is 2.47. The number of ether oxygens (including phenoxy) is 2. The number of carbonyl (C=O) groups excluding carboxylic acids is 1. The molecule has 0 atom stereocenters. The summed E-state index contributed by atoms with van der Waals surface area (Å²) in [4.78, 5) is 12.4. The summed E-state index contributed by atoms with van der Waals surface area (Å²) in [7, 11) is 1.55. The number of halogens is 3. The van der Waals surface area contributed by atoms with Crippen LogP contribution in [0.2, 0.25) is 15.1 Å². The third-order valence-electron chi connectivity index (χ3n) is 3.98. The fourth-order valence-electron chi connectivity index (χ4n) is 2.78. The highest BCUT2D eigenvalue weighted by atomic mass is 35.5. The molecule has 0 amide bonds. The van der Waals surface area contributed by atoms with Gasteiger partial charge in [0.05, 0.1) is 34.3 Å². The Labute approximate surface area is 166 Å². The fraction of sp³-hybridized carbons (Fsp3) is 0.211. The lowest BCUT2D eigenvalue weighted by Gasteiger charge is -2.12. The van der Waals surface area contributed by atoms with Gasteiger partial charge in [-0.25, -0.2) is 4.79 Å². The minimum absolute atomic E-state index is 0.289. The van der Waals surface area contributed by atoms with Crippen LogP contribution in [-0.4, -0.2) is 24.3 Å². The van der Waals surface area contributed by atoms with Gasteiger partial charge in [0.2, 0.25) is 0 Å². The predicted octanol–water partition coefficient (Wildman–Crippen LogP) is 5.84.